The summed E-state index contributed by atoms with van der Waals surface area (Å²) in [5, 5.41) is 0. The van der Waals surface area contributed by atoms with Gasteiger partial charge < -0.3 is 9.47 Å². The van der Waals surface area contributed by atoms with E-state index in [-0.39, 0.29) is 0 Å². The quantitative estimate of drug-likeness (QED) is 0.123. The van der Waals surface area contributed by atoms with Crippen molar-refractivity contribution >= 4 is 57.2 Å². The van der Waals surface area contributed by atoms with E-state index in [9.17, 15) is 9.59 Å². The number of imidazole rings is 1. The molecule has 0 spiro atoms. The van der Waals surface area contributed by atoms with Crippen molar-refractivity contribution in [2.24, 2.45) is 0 Å². The fourth-order valence-electron chi connectivity index (χ4n) is 6.17. The Morgan fingerprint density at radius 1 is 0.863 bits per heavy atom. The Hall–Kier alpha value is -3.06. The number of methoxy groups -OCH3 is 1. The van der Waals surface area contributed by atoms with Crippen molar-refractivity contribution in [1.82, 2.24) is 14.4 Å². The standard InChI is InChI=1S/C21H24N5O3.C6H12O3.3C4H9.Sn/c1-21(2,3)29-20(27)26(19-18-22-8-10-25(18)11-9-23-19)17-6-4-16(5-7-17)24-12-14-28-15-13-24;1-6(2,3)9-5(7)8-4;3*1-3-4-2;/h4-8,10-11H,12-15H2,1-3H3;1-4H3;3*1,3-4H2,2H3;. The van der Waals surface area contributed by atoms with E-state index in [4.69, 9.17) is 24.2 Å². The van der Waals surface area contributed by atoms with Gasteiger partial charge in [-0.15, -0.1) is 0 Å². The van der Waals surface area contributed by atoms with Gasteiger partial charge in [-0.1, -0.05) is 0 Å². The first-order valence-electron chi connectivity index (χ1n) is 18.7. The Kier molecular flexibility index (Phi) is 16.3. The van der Waals surface area contributed by atoms with Crippen LogP contribution >= 0.6 is 0 Å². The van der Waals surface area contributed by atoms with Gasteiger partial charge in [0, 0.05) is 0 Å². The molecule has 3 aromatic rings. The summed E-state index contributed by atoms with van der Waals surface area (Å²) in [5.74, 6) is 0.566. The van der Waals surface area contributed by atoms with E-state index in [2.05, 4.69) is 53.1 Å². The van der Waals surface area contributed by atoms with E-state index in [1.54, 1.807) is 31.9 Å². The number of unbranched alkanes of at least 4 members (excludes halogenated alkanes) is 3. The molecule has 51 heavy (non-hydrogen) atoms. The van der Waals surface area contributed by atoms with Crippen molar-refractivity contribution in [2.45, 2.75) is 125 Å². The van der Waals surface area contributed by atoms with Gasteiger partial charge in [-0.2, -0.15) is 0 Å². The van der Waals surface area contributed by atoms with Crippen LogP contribution in [0.15, 0.2) is 42.9 Å². The smallest absolute Gasteiger partial charge is 0.438 e. The second-order valence-electron chi connectivity index (χ2n) is 15.3. The fraction of sp³-hybridized carbons (Fsp3) is 0.641. The van der Waals surface area contributed by atoms with Crippen LogP contribution in [0.25, 0.3) is 5.65 Å². The number of carbonyl (C=O) groups is 2. The number of aromatic nitrogens is 3. The van der Waals surface area contributed by atoms with Gasteiger partial charge in [0.25, 0.3) is 0 Å². The molecular weight excluding hydrogens is 753 g/mol. The number of hydrogen-bond acceptors (Lipinski definition) is 9. The Labute approximate surface area is 310 Å². The molecule has 12 heteroatoms. The second kappa shape index (κ2) is 19.7. The molecule has 1 aliphatic rings. The van der Waals surface area contributed by atoms with Crippen molar-refractivity contribution in [2.75, 3.05) is 43.2 Å². The van der Waals surface area contributed by atoms with Crippen LogP contribution in [-0.4, -0.2) is 89.6 Å². The third-order valence-electron chi connectivity index (χ3n) is 8.75. The van der Waals surface area contributed by atoms with E-state index in [1.165, 1.54) is 62.7 Å². The minimum atomic E-state index is -2.95. The molecule has 0 saturated carbocycles. The van der Waals surface area contributed by atoms with Crippen LogP contribution in [0, 0.1) is 0 Å². The molecule has 284 valence electrons. The maximum Gasteiger partial charge on any atom is 0.508 e. The number of fused-ring (bicyclic) bond motifs is 1. The topological polar surface area (TPSA) is 108 Å². The van der Waals surface area contributed by atoms with Crippen LogP contribution < -0.4 is 13.5 Å². The van der Waals surface area contributed by atoms with Gasteiger partial charge in [-0.25, -0.2) is 4.79 Å². The normalized spacial score (nSPS) is 13.7. The summed E-state index contributed by atoms with van der Waals surface area (Å²) in [7, 11) is 1.29. The molecule has 2 aromatic heterocycles. The average Bonchev–Trinajstić information content (AvgIpc) is 3.57. The third kappa shape index (κ3) is 12.8. The van der Waals surface area contributed by atoms with Gasteiger partial charge >= 0.3 is 264 Å². The molecule has 1 fully saturated rings. The number of carbonyl (C=O) groups excluding carboxylic acids is 2. The maximum absolute atomic E-state index is 14.0. The van der Waals surface area contributed by atoms with Crippen LogP contribution in [0.1, 0.15) is 101 Å². The monoisotopic (exact) mass is 817 g/mol. The molecule has 1 saturated heterocycles. The summed E-state index contributed by atoms with van der Waals surface area (Å²) < 4.78 is 27.7. The third-order valence-corrected chi connectivity index (χ3v) is 23.8. The zero-order chi connectivity index (χ0) is 37.7. The average molecular weight is 817 g/mol. The number of rotatable bonds is 13. The van der Waals surface area contributed by atoms with Crippen LogP contribution in [0.3, 0.4) is 0 Å². The SMILES string of the molecule is CCC[CH2][Sn]([CH2]CCC)([CH2]CCC)[c]1cn2ccnc2c(N(C(=O)OC(C)(C)C)c2ccc(N3CCOCC3)cc2)n1.COC(=O)OC(C)(C)C. The van der Waals surface area contributed by atoms with Crippen LogP contribution in [0.5, 0.6) is 0 Å². The molecule has 4 rings (SSSR count). The largest absolute Gasteiger partial charge is 0.508 e. The Morgan fingerprint density at radius 2 is 1.41 bits per heavy atom. The van der Waals surface area contributed by atoms with Crippen LogP contribution in [-0.2, 0) is 18.9 Å². The number of morpholine rings is 1. The van der Waals surface area contributed by atoms with Crippen molar-refractivity contribution in [1.29, 1.82) is 0 Å². The Bertz CT molecular complexity index is 1490. The maximum atomic E-state index is 14.0. The number of amides is 1. The molecule has 0 unspecified atom stereocenters. The number of hydrogen-bond donors (Lipinski definition) is 0. The van der Waals surface area contributed by atoms with Crippen molar-refractivity contribution in [3.8, 4) is 0 Å². The first kappa shape index (κ1) is 42.4. The van der Waals surface area contributed by atoms with Gasteiger partial charge in [0.2, 0.25) is 0 Å². The summed E-state index contributed by atoms with van der Waals surface area (Å²) in [6.07, 6.45) is 12.3. The molecule has 0 N–H and O–H groups in total. The van der Waals surface area contributed by atoms with E-state index < -0.39 is 41.8 Å². The molecular formula is C39H63N5O6Sn. The predicted octanol–water partition coefficient (Wildman–Crippen LogP) is 9.26. The number of anilines is 3. The summed E-state index contributed by atoms with van der Waals surface area (Å²) in [6.45, 7) is 21.1. The van der Waals surface area contributed by atoms with E-state index >= 15 is 0 Å². The summed E-state index contributed by atoms with van der Waals surface area (Å²) in [4.78, 5) is 38.5. The fourth-order valence-corrected chi connectivity index (χ4v) is 21.5. The second-order valence-corrected chi connectivity index (χ2v) is 28.4. The molecule has 1 amide bonds. The first-order valence-corrected chi connectivity index (χ1v) is 26.2. The van der Waals surface area contributed by atoms with Gasteiger partial charge in [0.05, 0.1) is 7.11 Å². The van der Waals surface area contributed by atoms with E-state index in [1.807, 2.05) is 39.1 Å². The van der Waals surface area contributed by atoms with Gasteiger partial charge in [-0.3, -0.25) is 0 Å². The molecule has 1 aromatic carbocycles. The zero-order valence-electron chi connectivity index (χ0n) is 32.9. The molecule has 3 heterocycles. The van der Waals surface area contributed by atoms with Crippen LogP contribution in [0.4, 0.5) is 26.8 Å². The predicted molar refractivity (Wildman–Crippen MR) is 209 cm³/mol. The molecule has 0 radical (unpaired) electrons. The van der Waals surface area contributed by atoms with Gasteiger partial charge in [0.1, 0.15) is 5.60 Å². The van der Waals surface area contributed by atoms with Crippen LogP contribution in [0.2, 0.25) is 13.3 Å². The summed E-state index contributed by atoms with van der Waals surface area (Å²) in [6, 6.07) is 8.17. The summed E-state index contributed by atoms with van der Waals surface area (Å²) in [5.41, 5.74) is 1.41. The number of benzene rings is 1. The molecule has 0 bridgehead atoms. The van der Waals surface area contributed by atoms with Gasteiger partial charge in [-0.05, 0) is 20.8 Å². The summed E-state index contributed by atoms with van der Waals surface area (Å²) >= 11 is -2.95. The Morgan fingerprint density at radius 3 is 1.88 bits per heavy atom. The van der Waals surface area contributed by atoms with Crippen molar-refractivity contribution in [3.63, 3.8) is 0 Å². The number of nitrogens with zero attached hydrogens (tertiary/aromatic N) is 5. The minimum Gasteiger partial charge on any atom is -0.438 e. The molecule has 0 aliphatic carbocycles. The molecule has 1 aliphatic heterocycles. The minimum absolute atomic E-state index is 0.437. The van der Waals surface area contributed by atoms with Crippen molar-refractivity contribution in [3.05, 3.63) is 42.9 Å². The molecule has 11 nitrogen and oxygen atoms in total. The van der Waals surface area contributed by atoms with Gasteiger partial charge in [0.15, 0.2) is 0 Å². The zero-order valence-corrected chi connectivity index (χ0v) is 35.8. The van der Waals surface area contributed by atoms with E-state index in [0.29, 0.717) is 11.5 Å². The van der Waals surface area contributed by atoms with E-state index in [0.717, 1.165) is 37.7 Å². The Balaban J connectivity index is 0.000000688. The first-order chi connectivity index (χ1) is 24.2. The number of ether oxygens (including phenoxy) is 4. The van der Waals surface area contributed by atoms with Crippen molar-refractivity contribution < 1.29 is 28.5 Å². The molecule has 0 atom stereocenters.